The predicted octanol–water partition coefficient (Wildman–Crippen LogP) is 5.14. The summed E-state index contributed by atoms with van der Waals surface area (Å²) < 4.78 is 39.5. The molecule has 152 valence electrons. The minimum atomic E-state index is -4.47. The molecule has 3 rings (SSSR count). The van der Waals surface area contributed by atoms with Crippen LogP contribution in [-0.2, 0) is 17.4 Å². The number of halogens is 3. The van der Waals surface area contributed by atoms with E-state index in [1.54, 1.807) is 24.3 Å². The molecule has 0 atom stereocenters. The van der Waals surface area contributed by atoms with Crippen molar-refractivity contribution in [3.8, 4) is 6.07 Å². The largest absolute Gasteiger partial charge is 0.416 e. The molecule has 7 heteroatoms. The lowest BCUT2D eigenvalue weighted by atomic mass is 10.1. The Kier molecular flexibility index (Phi) is 6.42. The highest BCUT2D eigenvalue weighted by Crippen LogP contribution is 2.36. The first kappa shape index (κ1) is 20.7. The van der Waals surface area contributed by atoms with Crippen LogP contribution in [0.5, 0.6) is 0 Å². The lowest BCUT2D eigenvalue weighted by Gasteiger charge is -2.31. The van der Waals surface area contributed by atoms with Crippen molar-refractivity contribution >= 4 is 17.3 Å². The number of carbonyl (C=O) groups excluding carboxylic acids is 1. The molecule has 29 heavy (non-hydrogen) atoms. The van der Waals surface area contributed by atoms with E-state index in [0.717, 1.165) is 50.0 Å². The molecule has 1 aliphatic rings. The highest BCUT2D eigenvalue weighted by atomic mass is 19.4. The van der Waals surface area contributed by atoms with Crippen molar-refractivity contribution < 1.29 is 18.0 Å². The van der Waals surface area contributed by atoms with Crippen molar-refractivity contribution in [2.24, 2.45) is 0 Å². The average molecular weight is 401 g/mol. The van der Waals surface area contributed by atoms with Gasteiger partial charge in [-0.1, -0.05) is 12.1 Å². The monoisotopic (exact) mass is 401 g/mol. The first-order valence-corrected chi connectivity index (χ1v) is 9.62. The van der Waals surface area contributed by atoms with Crippen LogP contribution in [0.2, 0.25) is 0 Å². The molecule has 0 unspecified atom stereocenters. The van der Waals surface area contributed by atoms with Gasteiger partial charge in [0.1, 0.15) is 0 Å². The zero-order valence-electron chi connectivity index (χ0n) is 15.9. The maximum absolute atomic E-state index is 13.2. The summed E-state index contributed by atoms with van der Waals surface area (Å²) in [5.41, 5.74) is 1.48. The van der Waals surface area contributed by atoms with E-state index in [-0.39, 0.29) is 18.0 Å². The highest BCUT2D eigenvalue weighted by Gasteiger charge is 2.31. The van der Waals surface area contributed by atoms with E-state index in [1.807, 2.05) is 11.0 Å². The second-order valence-corrected chi connectivity index (χ2v) is 7.13. The van der Waals surface area contributed by atoms with Gasteiger partial charge in [0.2, 0.25) is 5.91 Å². The van der Waals surface area contributed by atoms with Gasteiger partial charge in [-0.3, -0.25) is 4.79 Å². The summed E-state index contributed by atoms with van der Waals surface area (Å²) in [6.07, 6.45) is -0.830. The molecule has 2 aromatic rings. The van der Waals surface area contributed by atoms with Crippen LogP contribution in [0.15, 0.2) is 42.5 Å². The standard InChI is InChI=1S/C22H22F3N3O/c23-22(24,25)18-9-10-20(28-12-2-1-3-13-28)19(14-18)27-21(29)11-8-16-4-6-17(15-26)7-5-16/h4-7,9-10,14H,1-3,8,11-13H2,(H,27,29). The average Bonchev–Trinajstić information content (AvgIpc) is 2.72. The molecule has 1 amide bonds. The van der Waals surface area contributed by atoms with Crippen LogP contribution in [0.25, 0.3) is 0 Å². The topological polar surface area (TPSA) is 56.1 Å². The summed E-state index contributed by atoms with van der Waals surface area (Å²) in [4.78, 5) is 14.5. The number of benzene rings is 2. The number of piperidine rings is 1. The molecule has 0 aliphatic carbocycles. The van der Waals surface area contributed by atoms with E-state index in [1.165, 1.54) is 6.07 Å². The van der Waals surface area contributed by atoms with Gasteiger partial charge in [0.25, 0.3) is 0 Å². The summed E-state index contributed by atoms with van der Waals surface area (Å²) in [6.45, 7) is 1.53. The summed E-state index contributed by atoms with van der Waals surface area (Å²) in [5.74, 6) is -0.341. The first-order valence-electron chi connectivity index (χ1n) is 9.62. The van der Waals surface area contributed by atoms with Gasteiger partial charge >= 0.3 is 6.18 Å². The van der Waals surface area contributed by atoms with E-state index in [2.05, 4.69) is 5.32 Å². The fourth-order valence-corrected chi connectivity index (χ4v) is 3.44. The molecule has 0 bridgehead atoms. The third-order valence-corrected chi connectivity index (χ3v) is 5.02. The van der Waals surface area contributed by atoms with Crippen LogP contribution < -0.4 is 10.2 Å². The minimum absolute atomic E-state index is 0.140. The van der Waals surface area contributed by atoms with Gasteiger partial charge in [0, 0.05) is 19.5 Å². The smallest absolute Gasteiger partial charge is 0.370 e. The lowest BCUT2D eigenvalue weighted by Crippen LogP contribution is -2.30. The maximum Gasteiger partial charge on any atom is 0.416 e. The predicted molar refractivity (Wildman–Crippen MR) is 106 cm³/mol. The van der Waals surface area contributed by atoms with Gasteiger partial charge in [-0.2, -0.15) is 18.4 Å². The van der Waals surface area contributed by atoms with Gasteiger partial charge in [-0.15, -0.1) is 0 Å². The Labute approximate surface area is 167 Å². The van der Waals surface area contributed by atoms with Crippen LogP contribution >= 0.6 is 0 Å². The molecule has 0 spiro atoms. The molecule has 0 aromatic heterocycles. The lowest BCUT2D eigenvalue weighted by molar-refractivity contribution is -0.137. The Balaban J connectivity index is 1.74. The van der Waals surface area contributed by atoms with E-state index < -0.39 is 11.7 Å². The molecular formula is C22H22F3N3O. The van der Waals surface area contributed by atoms with Crippen LogP contribution in [0, 0.1) is 11.3 Å². The van der Waals surface area contributed by atoms with Crippen LogP contribution in [0.4, 0.5) is 24.5 Å². The maximum atomic E-state index is 13.2. The van der Waals surface area contributed by atoms with Gasteiger partial charge < -0.3 is 10.2 Å². The number of aryl methyl sites for hydroxylation is 1. The van der Waals surface area contributed by atoms with Gasteiger partial charge in [-0.05, 0) is 61.6 Å². The zero-order chi connectivity index (χ0) is 20.9. The van der Waals surface area contributed by atoms with Crippen molar-refractivity contribution in [2.75, 3.05) is 23.3 Å². The molecule has 2 aromatic carbocycles. The van der Waals surface area contributed by atoms with Crippen molar-refractivity contribution in [1.82, 2.24) is 0 Å². The van der Waals surface area contributed by atoms with Crippen LogP contribution in [-0.4, -0.2) is 19.0 Å². The van der Waals surface area contributed by atoms with E-state index in [4.69, 9.17) is 5.26 Å². The molecule has 1 N–H and O–H groups in total. The molecule has 1 heterocycles. The molecule has 0 radical (unpaired) electrons. The van der Waals surface area contributed by atoms with Crippen molar-refractivity contribution in [3.63, 3.8) is 0 Å². The second-order valence-electron chi connectivity index (χ2n) is 7.13. The third-order valence-electron chi connectivity index (χ3n) is 5.02. The van der Waals surface area contributed by atoms with Crippen LogP contribution in [0.1, 0.15) is 42.4 Å². The molecule has 0 saturated carbocycles. The number of carbonyl (C=O) groups is 1. The third kappa shape index (κ3) is 5.50. The fraction of sp³-hybridized carbons (Fsp3) is 0.364. The number of rotatable bonds is 5. The highest BCUT2D eigenvalue weighted by molar-refractivity contribution is 5.94. The molecule has 1 aliphatic heterocycles. The fourth-order valence-electron chi connectivity index (χ4n) is 3.44. The number of nitrogens with zero attached hydrogens (tertiary/aromatic N) is 2. The number of nitriles is 1. The van der Waals surface area contributed by atoms with Gasteiger partial charge in [0.05, 0.1) is 28.6 Å². The molecule has 4 nitrogen and oxygen atoms in total. The number of nitrogens with one attached hydrogen (secondary N) is 1. The number of hydrogen-bond donors (Lipinski definition) is 1. The number of hydrogen-bond acceptors (Lipinski definition) is 3. The van der Waals surface area contributed by atoms with Crippen LogP contribution in [0.3, 0.4) is 0 Å². The van der Waals surface area contributed by atoms with E-state index in [0.29, 0.717) is 17.7 Å². The number of alkyl halides is 3. The SMILES string of the molecule is N#Cc1ccc(CCC(=O)Nc2cc(C(F)(F)F)ccc2N2CCCCC2)cc1. The first-order chi connectivity index (χ1) is 13.9. The van der Waals surface area contributed by atoms with Crippen molar-refractivity contribution in [3.05, 3.63) is 59.2 Å². The van der Waals surface area contributed by atoms with Gasteiger partial charge in [0.15, 0.2) is 0 Å². The zero-order valence-corrected chi connectivity index (χ0v) is 15.9. The number of anilines is 2. The Morgan fingerprint density at radius 3 is 2.38 bits per heavy atom. The summed E-state index contributed by atoms with van der Waals surface area (Å²) >= 11 is 0. The van der Waals surface area contributed by atoms with Crippen molar-refractivity contribution in [2.45, 2.75) is 38.3 Å². The Hall–Kier alpha value is -3.01. The van der Waals surface area contributed by atoms with Gasteiger partial charge in [-0.25, -0.2) is 0 Å². The Bertz CT molecular complexity index is 895. The summed E-state index contributed by atoms with van der Waals surface area (Å²) in [7, 11) is 0. The molecule has 1 fully saturated rings. The van der Waals surface area contributed by atoms with Crippen molar-refractivity contribution in [1.29, 1.82) is 5.26 Å². The Morgan fingerprint density at radius 1 is 1.07 bits per heavy atom. The molecular weight excluding hydrogens is 379 g/mol. The summed E-state index contributed by atoms with van der Waals surface area (Å²) in [5, 5.41) is 11.5. The Morgan fingerprint density at radius 2 is 1.76 bits per heavy atom. The second kappa shape index (κ2) is 8.99. The molecule has 1 saturated heterocycles. The normalized spacial score (nSPS) is 14.3. The quantitative estimate of drug-likeness (QED) is 0.755. The minimum Gasteiger partial charge on any atom is -0.370 e. The van der Waals surface area contributed by atoms with E-state index in [9.17, 15) is 18.0 Å². The number of amides is 1. The summed E-state index contributed by atoms with van der Waals surface area (Å²) in [6, 6.07) is 12.5. The van der Waals surface area contributed by atoms with E-state index >= 15 is 0 Å².